The third-order valence-electron chi connectivity index (χ3n) is 15.0. The van der Waals surface area contributed by atoms with E-state index >= 15 is 0 Å². The third-order valence-corrected chi connectivity index (χ3v) is 15.6. The van der Waals surface area contributed by atoms with Gasteiger partial charge in [-0.1, -0.05) is 76.8 Å². The van der Waals surface area contributed by atoms with Gasteiger partial charge < -0.3 is 103 Å². The first-order chi connectivity index (χ1) is 43.7. The number of aliphatic hydroxyl groups is 2. The molecule has 12 amide bonds. The van der Waals surface area contributed by atoms with Crippen LogP contribution >= 0.6 is 11.8 Å². The summed E-state index contributed by atoms with van der Waals surface area (Å²) in [6, 6.07) is -7.69. The van der Waals surface area contributed by atoms with Crippen molar-refractivity contribution in [2.75, 3.05) is 51.3 Å². The molecule has 32 heteroatoms. The molecule has 0 unspecified atom stereocenters. The molecule has 1 aliphatic rings. The molecule has 0 radical (unpaired) electrons. The van der Waals surface area contributed by atoms with Gasteiger partial charge in [-0.3, -0.25) is 57.5 Å². The molecule has 92 heavy (non-hydrogen) atoms. The van der Waals surface area contributed by atoms with Crippen molar-refractivity contribution in [3.8, 4) is 0 Å². The smallest absolute Gasteiger partial charge is 0.245 e. The topological polar surface area (TPSA) is 520 Å². The molecule has 1 aromatic carbocycles. The Balaban J connectivity index is 2.76. The molecule has 0 aliphatic carbocycles. The summed E-state index contributed by atoms with van der Waals surface area (Å²) in [5.74, 6) is -10.3. The molecule has 31 nitrogen and oxygen atoms in total. The summed E-state index contributed by atoms with van der Waals surface area (Å²) >= 11 is 1.47. The lowest BCUT2D eigenvalue weighted by molar-refractivity contribution is -0.137. The Morgan fingerprint density at radius 3 is 1.68 bits per heavy atom. The highest BCUT2D eigenvalue weighted by atomic mass is 32.2. The van der Waals surface area contributed by atoms with Crippen molar-refractivity contribution >= 4 is 82.6 Å². The van der Waals surface area contributed by atoms with E-state index in [2.05, 4.69) is 70.7 Å². The summed E-state index contributed by atoms with van der Waals surface area (Å²) in [4.78, 5) is 169. The number of nitrogens with one attached hydrogen (secondary N) is 12. The summed E-state index contributed by atoms with van der Waals surface area (Å²) in [5.41, 5.74) is 30.3. The number of hydrogen-bond donors (Lipinski definition) is 19. The Labute approximate surface area is 543 Å². The summed E-state index contributed by atoms with van der Waals surface area (Å²) in [6.45, 7) is 6.59. The quantitative estimate of drug-likeness (QED) is 0.0287. The number of thioether (sulfide) groups is 1. The largest absolute Gasteiger partial charge is 0.391 e. The van der Waals surface area contributed by atoms with Gasteiger partial charge in [0, 0.05) is 25.9 Å². The van der Waals surface area contributed by atoms with Gasteiger partial charge in [0.15, 0.2) is 0 Å². The molecule has 24 N–H and O–H groups in total. The van der Waals surface area contributed by atoms with E-state index in [1.165, 1.54) is 25.6 Å². The highest BCUT2D eigenvalue weighted by Crippen LogP contribution is 2.12. The Bertz CT molecular complexity index is 2520. The lowest BCUT2D eigenvalue weighted by Crippen LogP contribution is -2.62. The molecular weight excluding hydrogens is 1210 g/mol. The van der Waals surface area contributed by atoms with Gasteiger partial charge in [0.1, 0.15) is 60.4 Å². The highest BCUT2D eigenvalue weighted by Gasteiger charge is 2.38. The number of aliphatic hydroxyl groups excluding tert-OH is 2. The van der Waals surface area contributed by atoms with Crippen molar-refractivity contribution in [3.63, 3.8) is 0 Å². The number of benzene rings is 1. The number of rotatable bonds is 34. The van der Waals surface area contributed by atoms with Crippen LogP contribution in [-0.4, -0.2) is 211 Å². The van der Waals surface area contributed by atoms with Crippen LogP contribution in [0.3, 0.4) is 0 Å². The van der Waals surface area contributed by atoms with Crippen molar-refractivity contribution < 1.29 is 67.7 Å². The van der Waals surface area contributed by atoms with Gasteiger partial charge in [-0.15, -0.1) is 0 Å². The number of nitrogens with two attached hydrogens (primary N) is 5. The number of carbonyl (C=O) groups excluding carboxylic acids is 12. The lowest BCUT2D eigenvalue weighted by Gasteiger charge is -2.29. The Morgan fingerprint density at radius 1 is 0.598 bits per heavy atom. The predicted octanol–water partition coefficient (Wildman–Crippen LogP) is -5.25. The fourth-order valence-electron chi connectivity index (χ4n) is 9.71. The van der Waals surface area contributed by atoms with Gasteiger partial charge >= 0.3 is 0 Å². The first-order valence-corrected chi connectivity index (χ1v) is 33.2. The lowest BCUT2D eigenvalue weighted by atomic mass is 10.00. The average Bonchev–Trinajstić information content (AvgIpc) is 1.06. The van der Waals surface area contributed by atoms with E-state index < -0.39 is 163 Å². The third kappa shape index (κ3) is 30.1. The second-order valence-corrected chi connectivity index (χ2v) is 24.3. The van der Waals surface area contributed by atoms with Crippen LogP contribution in [0.5, 0.6) is 0 Å². The van der Waals surface area contributed by atoms with E-state index in [0.29, 0.717) is 24.2 Å². The molecule has 1 heterocycles. The maximum absolute atomic E-state index is 14.7. The molecule has 0 bridgehead atoms. The zero-order chi connectivity index (χ0) is 68.9. The van der Waals surface area contributed by atoms with Gasteiger partial charge in [0.2, 0.25) is 70.9 Å². The molecular formula is C60H105N17O14S. The molecule has 1 saturated heterocycles. The summed E-state index contributed by atoms with van der Waals surface area (Å²) < 4.78 is 0. The van der Waals surface area contributed by atoms with Crippen LogP contribution in [0.2, 0.25) is 0 Å². The van der Waals surface area contributed by atoms with Crippen LogP contribution in [0.25, 0.3) is 0 Å². The second-order valence-electron chi connectivity index (χ2n) is 23.3. The number of unbranched alkanes of at least 4 members (excludes halogenated alkanes) is 4. The Kier molecular flexibility index (Phi) is 39.2. The predicted molar refractivity (Wildman–Crippen MR) is 347 cm³/mol. The van der Waals surface area contributed by atoms with Gasteiger partial charge in [-0.2, -0.15) is 11.8 Å². The normalized spacial score (nSPS) is 22.0. The number of hydrogen-bond acceptors (Lipinski definition) is 20. The monoisotopic (exact) mass is 1320 g/mol. The van der Waals surface area contributed by atoms with Crippen LogP contribution in [0.15, 0.2) is 30.3 Å². The Morgan fingerprint density at radius 2 is 1.13 bits per heavy atom. The molecule has 1 aromatic rings. The standard InChI is InChI=1S/C60H105N17O14S/c1-7-8-9-10-14-17-47(80)68-39(18-25-61)55(86)77-49(36(5)79)60(91)73-42(21-28-64)52(83)71-43-23-30-67-59(90)48(35(4)78)76-56(87)44(22-29-66-50(81)38(65)24-31-92-6)72-51(82)40(19-26-62)70-57(88)45(32-34(2)3)74-58(89)46(33-37-15-12-11-13-16-37)75-53(84)41(20-27-63)69-54(43)85/h11-13,15-16,34-36,38-46,48-49,78-79H,7-10,14,17-33,61-65H2,1-6H3,(H,66,81)(H,67,90)(H,68,80)(H,69,85)(H,70,88)(H,71,83)(H,72,82)(H,73,91)(H,74,89)(H,75,84)(H,76,87)(H,77,86)/t35-,36-,38-,39+,40+,41+,42+,43+,44+,45+,46-,48+,49+/m1/s1. The van der Waals surface area contributed by atoms with Crippen molar-refractivity contribution in [1.29, 1.82) is 0 Å². The Hall–Kier alpha value is -7.07. The molecule has 0 aromatic heterocycles. The van der Waals surface area contributed by atoms with Crippen LogP contribution in [0, 0.1) is 5.92 Å². The minimum atomic E-state index is -1.77. The molecule has 0 spiro atoms. The van der Waals surface area contributed by atoms with E-state index in [0.717, 1.165) is 25.7 Å². The molecule has 0 saturated carbocycles. The average molecular weight is 1320 g/mol. The van der Waals surface area contributed by atoms with Gasteiger partial charge in [0.25, 0.3) is 0 Å². The van der Waals surface area contributed by atoms with Crippen LogP contribution in [0.4, 0.5) is 0 Å². The molecule has 520 valence electrons. The zero-order valence-corrected chi connectivity index (χ0v) is 54.9. The van der Waals surface area contributed by atoms with Crippen molar-refractivity contribution in [1.82, 2.24) is 63.8 Å². The van der Waals surface area contributed by atoms with E-state index in [4.69, 9.17) is 28.7 Å². The van der Waals surface area contributed by atoms with E-state index in [1.807, 2.05) is 6.26 Å². The van der Waals surface area contributed by atoms with Crippen LogP contribution in [0.1, 0.15) is 130 Å². The molecule has 1 fully saturated rings. The van der Waals surface area contributed by atoms with Gasteiger partial charge in [0.05, 0.1) is 18.2 Å². The van der Waals surface area contributed by atoms with Crippen molar-refractivity contribution in [2.24, 2.45) is 34.6 Å². The second kappa shape index (κ2) is 44.5. The number of amides is 12. The van der Waals surface area contributed by atoms with Gasteiger partial charge in [-0.25, -0.2) is 0 Å². The van der Waals surface area contributed by atoms with Crippen LogP contribution < -0.4 is 92.5 Å². The van der Waals surface area contributed by atoms with Crippen molar-refractivity contribution in [3.05, 3.63) is 35.9 Å². The van der Waals surface area contributed by atoms with E-state index in [1.54, 1.807) is 44.2 Å². The van der Waals surface area contributed by atoms with Crippen LogP contribution in [-0.2, 0) is 64.0 Å². The molecule has 13 atom stereocenters. The summed E-state index contributed by atoms with van der Waals surface area (Å²) in [6.07, 6.45) is 1.72. The minimum absolute atomic E-state index is 0.00950. The molecule has 1 aliphatic heterocycles. The highest BCUT2D eigenvalue weighted by molar-refractivity contribution is 7.98. The maximum atomic E-state index is 14.7. The first kappa shape index (κ1) is 81.0. The zero-order valence-electron chi connectivity index (χ0n) is 54.1. The minimum Gasteiger partial charge on any atom is -0.391 e. The summed E-state index contributed by atoms with van der Waals surface area (Å²) in [5, 5.41) is 52.6. The van der Waals surface area contributed by atoms with E-state index in [9.17, 15) is 67.7 Å². The van der Waals surface area contributed by atoms with Crippen molar-refractivity contribution in [2.45, 2.75) is 210 Å². The van der Waals surface area contributed by atoms with E-state index in [-0.39, 0.29) is 90.0 Å². The molecule has 2 rings (SSSR count). The SMILES string of the molecule is CCCCCCCC(=O)N[C@@H](CCN)C(=O)N[C@H](C(=O)N[C@@H](CCN)C(=O)N[C@H]1CCNC(=O)[C@H]([C@@H](C)O)NC(=O)[C@H](CCNC(=O)[C@H](N)CCSC)NC(=O)[C@H](CCN)NC(=O)[C@H](CC(C)C)NC(=O)[C@@H](Cc2ccccc2)NC(=O)[C@H](CCN)NC1=O)[C@@H](C)O. The number of carbonyl (C=O) groups is 12. The maximum Gasteiger partial charge on any atom is 0.245 e. The van der Waals surface area contributed by atoms with Gasteiger partial charge in [-0.05, 0) is 121 Å². The fraction of sp³-hybridized carbons (Fsp3) is 0.700. The summed E-state index contributed by atoms with van der Waals surface area (Å²) in [7, 11) is 0. The fourth-order valence-corrected chi connectivity index (χ4v) is 10.2. The first-order valence-electron chi connectivity index (χ1n) is 31.8.